The Balaban J connectivity index is 2.01. The average Bonchev–Trinajstić information content (AvgIpc) is 3.03. The zero-order chi connectivity index (χ0) is 30.9. The van der Waals surface area contributed by atoms with E-state index < -0.39 is 19.2 Å². The van der Waals surface area contributed by atoms with E-state index in [1.165, 1.54) is 103 Å². The van der Waals surface area contributed by atoms with Gasteiger partial charge in [-0.25, -0.2) is 0 Å². The van der Waals surface area contributed by atoms with E-state index in [4.69, 9.17) is 6.15 Å². The Morgan fingerprint density at radius 2 is 0.721 bits per heavy atom. The van der Waals surface area contributed by atoms with Gasteiger partial charge in [0.15, 0.2) is 0 Å². The summed E-state index contributed by atoms with van der Waals surface area (Å²) in [5.74, 6) is -0.673. The summed E-state index contributed by atoms with van der Waals surface area (Å²) < 4.78 is 14.3. The fourth-order valence-electron chi connectivity index (χ4n) is 5.72. The molecule has 0 bridgehead atoms. The van der Waals surface area contributed by atoms with Gasteiger partial charge in [-0.1, -0.05) is 0 Å². The van der Waals surface area contributed by atoms with Crippen molar-refractivity contribution in [2.24, 2.45) is 0 Å². The molecule has 0 heterocycles. The van der Waals surface area contributed by atoms with Gasteiger partial charge in [0, 0.05) is 0 Å². The first-order valence-corrected chi connectivity index (χ1v) is 24.0. The molecular formula is C38H60O4Sn. The van der Waals surface area contributed by atoms with Crippen molar-refractivity contribution in [3.8, 4) is 0 Å². The molecule has 0 fully saturated rings. The second kappa shape index (κ2) is 24.5. The third-order valence-corrected chi connectivity index (χ3v) is 17.9. The molecule has 0 N–H and O–H groups in total. The standard InChI is InChI=1S/2C12H25.2C7H6O2.Sn/c2*1-3-5-7-9-11-12-10-8-6-4-2;2*8-7(9)6-4-2-1-3-5-6;/h2*1,3-12H2,2H3;2*1-5H,(H,8,9);/q;;;;+2/p-2. The summed E-state index contributed by atoms with van der Waals surface area (Å²) >= 11 is -4.14. The van der Waals surface area contributed by atoms with Crippen LogP contribution < -0.4 is 0 Å². The van der Waals surface area contributed by atoms with Crippen molar-refractivity contribution in [3.05, 3.63) is 71.8 Å². The van der Waals surface area contributed by atoms with Crippen LogP contribution in [0.3, 0.4) is 0 Å². The van der Waals surface area contributed by atoms with Crippen LogP contribution in [0.25, 0.3) is 0 Å². The number of carbonyl (C=O) groups is 2. The minimum absolute atomic E-state index is 0.337. The summed E-state index contributed by atoms with van der Waals surface area (Å²) in [6.45, 7) is 4.52. The van der Waals surface area contributed by atoms with Crippen molar-refractivity contribution in [2.75, 3.05) is 0 Å². The monoisotopic (exact) mass is 700 g/mol. The number of rotatable bonds is 26. The Hall–Kier alpha value is -1.82. The van der Waals surface area contributed by atoms with E-state index in [-0.39, 0.29) is 11.9 Å². The zero-order valence-corrected chi connectivity index (χ0v) is 30.3. The van der Waals surface area contributed by atoms with Crippen LogP contribution in [0.5, 0.6) is 0 Å². The second-order valence-corrected chi connectivity index (χ2v) is 21.5. The van der Waals surface area contributed by atoms with Gasteiger partial charge in [0.05, 0.1) is 0 Å². The molecule has 0 spiro atoms. The molecule has 0 saturated carbocycles. The van der Waals surface area contributed by atoms with Gasteiger partial charge in [0.25, 0.3) is 0 Å². The first-order chi connectivity index (χ1) is 21.1. The van der Waals surface area contributed by atoms with Gasteiger partial charge >= 0.3 is 270 Å². The van der Waals surface area contributed by atoms with E-state index in [2.05, 4.69) is 13.8 Å². The molecular weight excluding hydrogens is 639 g/mol. The molecule has 0 saturated heterocycles. The molecule has 43 heavy (non-hydrogen) atoms. The predicted octanol–water partition coefficient (Wildman–Crippen LogP) is 12.0. The predicted molar refractivity (Wildman–Crippen MR) is 183 cm³/mol. The van der Waals surface area contributed by atoms with E-state index in [0.717, 1.165) is 34.6 Å². The molecule has 0 radical (unpaired) electrons. The maximum absolute atomic E-state index is 13.4. The Bertz CT molecular complexity index is 883. The van der Waals surface area contributed by atoms with Crippen LogP contribution in [0.1, 0.15) is 163 Å². The Labute approximate surface area is 268 Å². The second-order valence-electron chi connectivity index (χ2n) is 12.3. The summed E-state index contributed by atoms with van der Waals surface area (Å²) in [5, 5.41) is 0. The molecule has 4 nitrogen and oxygen atoms in total. The van der Waals surface area contributed by atoms with Gasteiger partial charge < -0.3 is 0 Å². The average molecular weight is 700 g/mol. The fourth-order valence-corrected chi connectivity index (χ4v) is 14.8. The summed E-state index contributed by atoms with van der Waals surface area (Å²) in [5.41, 5.74) is 1.07. The van der Waals surface area contributed by atoms with Crippen molar-refractivity contribution in [3.63, 3.8) is 0 Å². The van der Waals surface area contributed by atoms with Crippen LogP contribution in [0.4, 0.5) is 0 Å². The van der Waals surface area contributed by atoms with E-state index >= 15 is 0 Å². The van der Waals surface area contributed by atoms with Crippen LogP contribution in [-0.2, 0) is 6.15 Å². The molecule has 2 rings (SSSR count). The van der Waals surface area contributed by atoms with Gasteiger partial charge in [0.2, 0.25) is 0 Å². The number of hydrogen-bond donors (Lipinski definition) is 0. The number of carbonyl (C=O) groups excluding carboxylic acids is 2. The molecule has 0 aliphatic heterocycles. The van der Waals surface area contributed by atoms with Crippen molar-refractivity contribution in [1.82, 2.24) is 0 Å². The van der Waals surface area contributed by atoms with Gasteiger partial charge in [-0.3, -0.25) is 0 Å². The summed E-state index contributed by atoms with van der Waals surface area (Å²) in [4.78, 5) is 26.8. The number of hydrogen-bond acceptors (Lipinski definition) is 4. The molecule has 2 aromatic carbocycles. The molecule has 5 heteroatoms. The van der Waals surface area contributed by atoms with Gasteiger partial charge in [-0.05, 0) is 0 Å². The Morgan fingerprint density at radius 1 is 0.442 bits per heavy atom. The molecule has 0 unspecified atom stereocenters. The van der Waals surface area contributed by atoms with Crippen LogP contribution in [0.2, 0.25) is 8.87 Å². The van der Waals surface area contributed by atoms with Crippen molar-refractivity contribution in [2.45, 2.75) is 151 Å². The van der Waals surface area contributed by atoms with Crippen LogP contribution >= 0.6 is 0 Å². The summed E-state index contributed by atoms with van der Waals surface area (Å²) in [7, 11) is 0. The summed E-state index contributed by atoms with van der Waals surface area (Å²) in [6.07, 6.45) is 24.9. The van der Waals surface area contributed by atoms with Crippen molar-refractivity contribution < 1.29 is 15.7 Å². The maximum atomic E-state index is 13.4. The minimum atomic E-state index is -4.14. The van der Waals surface area contributed by atoms with Crippen molar-refractivity contribution in [1.29, 1.82) is 0 Å². The molecule has 0 atom stereocenters. The van der Waals surface area contributed by atoms with Crippen LogP contribution in [-0.4, -0.2) is 31.1 Å². The SMILES string of the molecule is CCCCCCCCCCC[CH2][Sn]([CH2]CCCCCCCCCCC)([O]C(=O)c1ccccc1)[O]C(=O)c1ccccc1. The van der Waals surface area contributed by atoms with Gasteiger partial charge in [-0.2, -0.15) is 0 Å². The summed E-state index contributed by atoms with van der Waals surface area (Å²) in [6, 6.07) is 18.4. The van der Waals surface area contributed by atoms with Gasteiger partial charge in [0.1, 0.15) is 0 Å². The van der Waals surface area contributed by atoms with Crippen LogP contribution in [0.15, 0.2) is 60.7 Å². The van der Waals surface area contributed by atoms with E-state index in [1.54, 1.807) is 24.3 Å². The fraction of sp³-hybridized carbons (Fsp3) is 0.632. The third-order valence-electron chi connectivity index (χ3n) is 8.40. The number of unbranched alkanes of at least 4 members (excludes halogenated alkanes) is 18. The number of benzene rings is 2. The topological polar surface area (TPSA) is 52.6 Å². The quantitative estimate of drug-likeness (QED) is 0.0725. The van der Waals surface area contributed by atoms with Crippen molar-refractivity contribution >= 4 is 31.1 Å². The molecule has 0 aromatic heterocycles. The molecule has 2 aromatic rings. The third kappa shape index (κ3) is 17.3. The van der Waals surface area contributed by atoms with E-state index in [1.807, 2.05) is 36.4 Å². The first kappa shape index (κ1) is 37.4. The van der Waals surface area contributed by atoms with Crippen LogP contribution in [0, 0.1) is 0 Å². The Kier molecular flexibility index (Phi) is 21.3. The molecule has 0 aliphatic rings. The first-order valence-electron chi connectivity index (χ1n) is 17.7. The normalized spacial score (nSPS) is 11.4. The zero-order valence-electron chi connectivity index (χ0n) is 27.5. The Morgan fingerprint density at radius 3 is 1.02 bits per heavy atom. The van der Waals surface area contributed by atoms with E-state index in [0.29, 0.717) is 11.1 Å². The van der Waals surface area contributed by atoms with E-state index in [9.17, 15) is 9.59 Å². The molecule has 240 valence electrons. The molecule has 0 amide bonds. The van der Waals surface area contributed by atoms with Gasteiger partial charge in [-0.15, -0.1) is 0 Å². The molecule has 0 aliphatic carbocycles.